The molecule has 0 aliphatic carbocycles. The van der Waals surface area contributed by atoms with Crippen molar-refractivity contribution in [2.75, 3.05) is 20.1 Å². The summed E-state index contributed by atoms with van der Waals surface area (Å²) in [6.07, 6.45) is -7.64. The number of benzene rings is 1. The standard InChI is InChI=1S/C17H19BrClF3N2O3/c1-23(16(27)14(25)7-17(20,21)22)12-8-24(9-12)15(26)5-2-10-6-11(18)3-4-13(10)19/h3-4,6,12,14,25H,2,5,7-9H2,1H3. The lowest BCUT2D eigenvalue weighted by Crippen LogP contribution is -2.62. The van der Waals surface area contributed by atoms with Crippen molar-refractivity contribution in [1.29, 1.82) is 0 Å². The van der Waals surface area contributed by atoms with E-state index in [0.29, 0.717) is 11.4 Å². The van der Waals surface area contributed by atoms with E-state index in [2.05, 4.69) is 15.9 Å². The van der Waals surface area contributed by atoms with Crippen LogP contribution in [0.1, 0.15) is 18.4 Å². The molecule has 1 unspecified atom stereocenters. The van der Waals surface area contributed by atoms with Crippen molar-refractivity contribution in [3.8, 4) is 0 Å². The van der Waals surface area contributed by atoms with Gasteiger partial charge in [0.15, 0.2) is 0 Å². The molecule has 0 aromatic heterocycles. The molecule has 1 saturated heterocycles. The van der Waals surface area contributed by atoms with E-state index >= 15 is 0 Å². The Balaban J connectivity index is 1.80. The van der Waals surface area contributed by atoms with Gasteiger partial charge in [-0.2, -0.15) is 13.2 Å². The summed E-state index contributed by atoms with van der Waals surface area (Å²) >= 11 is 9.43. The molecule has 2 amide bonds. The number of likely N-dealkylation sites (tertiary alicyclic amines) is 1. The molecule has 0 bridgehead atoms. The fraction of sp³-hybridized carbons (Fsp3) is 0.529. The summed E-state index contributed by atoms with van der Waals surface area (Å²) < 4.78 is 37.7. The molecule has 5 nitrogen and oxygen atoms in total. The Kier molecular flexibility index (Phi) is 7.15. The Morgan fingerprint density at radius 2 is 2.04 bits per heavy atom. The summed E-state index contributed by atoms with van der Waals surface area (Å²) in [5.74, 6) is -1.12. The SMILES string of the molecule is CN(C(=O)C(O)CC(F)(F)F)C1CN(C(=O)CCc2cc(Br)ccc2Cl)C1. The summed E-state index contributed by atoms with van der Waals surface area (Å²) in [4.78, 5) is 26.7. The first kappa shape index (κ1) is 22.0. The number of alkyl halides is 3. The van der Waals surface area contributed by atoms with Crippen molar-refractivity contribution < 1.29 is 27.9 Å². The maximum absolute atomic E-state index is 12.3. The van der Waals surface area contributed by atoms with Gasteiger partial charge in [-0.25, -0.2) is 0 Å². The van der Waals surface area contributed by atoms with Gasteiger partial charge < -0.3 is 14.9 Å². The number of hydrogen-bond donors (Lipinski definition) is 1. The number of aliphatic hydroxyl groups is 1. The minimum Gasteiger partial charge on any atom is -0.383 e. The molecule has 10 heteroatoms. The molecule has 1 aromatic rings. The van der Waals surface area contributed by atoms with Crippen molar-refractivity contribution in [1.82, 2.24) is 9.80 Å². The van der Waals surface area contributed by atoms with E-state index in [4.69, 9.17) is 11.6 Å². The summed E-state index contributed by atoms with van der Waals surface area (Å²) in [7, 11) is 1.33. The fourth-order valence-corrected chi connectivity index (χ4v) is 3.38. The van der Waals surface area contributed by atoms with E-state index < -0.39 is 30.7 Å². The maximum atomic E-state index is 12.3. The zero-order valence-electron chi connectivity index (χ0n) is 14.5. The van der Waals surface area contributed by atoms with Crippen molar-refractivity contribution in [3.63, 3.8) is 0 Å². The van der Waals surface area contributed by atoms with Crippen molar-refractivity contribution in [2.24, 2.45) is 0 Å². The zero-order valence-corrected chi connectivity index (χ0v) is 16.8. The topological polar surface area (TPSA) is 60.9 Å². The van der Waals surface area contributed by atoms with Gasteiger partial charge in [0.1, 0.15) is 6.10 Å². The highest BCUT2D eigenvalue weighted by atomic mass is 79.9. The number of aliphatic hydroxyl groups excluding tert-OH is 1. The predicted molar refractivity (Wildman–Crippen MR) is 97.3 cm³/mol. The molecule has 1 N–H and O–H groups in total. The molecule has 27 heavy (non-hydrogen) atoms. The molecule has 1 aliphatic heterocycles. The van der Waals surface area contributed by atoms with Crippen LogP contribution in [0.3, 0.4) is 0 Å². The molecule has 1 aromatic carbocycles. The number of aryl methyl sites for hydroxylation is 1. The lowest BCUT2D eigenvalue weighted by atomic mass is 10.0. The van der Waals surface area contributed by atoms with Crippen LogP contribution in [0.25, 0.3) is 0 Å². The molecule has 1 atom stereocenters. The highest BCUT2D eigenvalue weighted by Crippen LogP contribution is 2.25. The quantitative estimate of drug-likeness (QED) is 0.694. The summed E-state index contributed by atoms with van der Waals surface area (Å²) in [6.45, 7) is 0.456. The van der Waals surface area contributed by atoms with Crippen LogP contribution in [0.4, 0.5) is 13.2 Å². The van der Waals surface area contributed by atoms with E-state index in [1.54, 1.807) is 12.1 Å². The lowest BCUT2D eigenvalue weighted by Gasteiger charge is -2.44. The molecule has 0 saturated carbocycles. The van der Waals surface area contributed by atoms with Crippen LogP contribution in [0.5, 0.6) is 0 Å². The first-order chi connectivity index (χ1) is 12.5. The average Bonchev–Trinajstić information content (AvgIpc) is 2.51. The summed E-state index contributed by atoms with van der Waals surface area (Å²) in [5, 5.41) is 9.98. The molecule has 0 spiro atoms. The van der Waals surface area contributed by atoms with Crippen LogP contribution >= 0.6 is 27.5 Å². The Morgan fingerprint density at radius 3 is 2.63 bits per heavy atom. The second-order valence-electron chi connectivity index (χ2n) is 6.47. The smallest absolute Gasteiger partial charge is 0.383 e. The normalized spacial score (nSPS) is 16.0. The van der Waals surface area contributed by atoms with E-state index in [0.717, 1.165) is 14.9 Å². The molecule has 2 rings (SSSR count). The predicted octanol–water partition coefficient (Wildman–Crippen LogP) is 3.02. The molecule has 1 aliphatic rings. The van der Waals surface area contributed by atoms with Gasteiger partial charge in [-0.15, -0.1) is 0 Å². The van der Waals surface area contributed by atoms with Crippen molar-refractivity contribution in [3.05, 3.63) is 33.3 Å². The number of hydrogen-bond acceptors (Lipinski definition) is 3. The second kappa shape index (κ2) is 8.79. The highest BCUT2D eigenvalue weighted by molar-refractivity contribution is 9.10. The number of nitrogens with zero attached hydrogens (tertiary/aromatic N) is 2. The summed E-state index contributed by atoms with van der Waals surface area (Å²) in [6, 6.07) is 4.97. The zero-order chi connectivity index (χ0) is 20.4. The Hall–Kier alpha value is -1.32. The van der Waals surface area contributed by atoms with Crippen LogP contribution < -0.4 is 0 Å². The van der Waals surface area contributed by atoms with Crippen molar-refractivity contribution >= 4 is 39.3 Å². The first-order valence-corrected chi connectivity index (χ1v) is 9.38. The molecular formula is C17H19BrClF3N2O3. The largest absolute Gasteiger partial charge is 0.392 e. The minimum absolute atomic E-state index is 0.126. The number of amides is 2. The average molecular weight is 472 g/mol. The van der Waals surface area contributed by atoms with E-state index in [1.165, 1.54) is 11.9 Å². The van der Waals surface area contributed by atoms with Gasteiger partial charge in [0, 0.05) is 36.1 Å². The molecule has 0 radical (unpaired) electrons. The second-order valence-corrected chi connectivity index (χ2v) is 7.80. The van der Waals surface area contributed by atoms with E-state index in [9.17, 15) is 27.9 Å². The van der Waals surface area contributed by atoms with Crippen LogP contribution in [0.2, 0.25) is 5.02 Å². The Bertz CT molecular complexity index is 711. The Labute approximate surface area is 168 Å². The van der Waals surface area contributed by atoms with Gasteiger partial charge in [0.2, 0.25) is 5.91 Å². The van der Waals surface area contributed by atoms with Crippen LogP contribution in [0.15, 0.2) is 22.7 Å². The third kappa shape index (κ3) is 6.08. The van der Waals surface area contributed by atoms with Crippen LogP contribution in [-0.4, -0.2) is 65.2 Å². The van der Waals surface area contributed by atoms with E-state index in [-0.39, 0.29) is 25.4 Å². The van der Waals surface area contributed by atoms with Gasteiger partial charge in [0.25, 0.3) is 5.91 Å². The molecular weight excluding hydrogens is 453 g/mol. The van der Waals surface area contributed by atoms with E-state index in [1.807, 2.05) is 6.07 Å². The number of rotatable bonds is 6. The monoisotopic (exact) mass is 470 g/mol. The summed E-state index contributed by atoms with van der Waals surface area (Å²) in [5.41, 5.74) is 0.832. The van der Waals surface area contributed by atoms with Gasteiger partial charge in [0.05, 0.1) is 12.5 Å². The van der Waals surface area contributed by atoms with Gasteiger partial charge in [-0.3, -0.25) is 9.59 Å². The minimum atomic E-state index is -4.62. The highest BCUT2D eigenvalue weighted by Gasteiger charge is 2.40. The number of carbonyl (C=O) groups excluding carboxylic acids is 2. The first-order valence-electron chi connectivity index (χ1n) is 8.21. The van der Waals surface area contributed by atoms with Crippen molar-refractivity contribution in [2.45, 2.75) is 37.6 Å². The molecule has 1 fully saturated rings. The third-order valence-electron chi connectivity index (χ3n) is 4.44. The fourth-order valence-electron chi connectivity index (χ4n) is 2.76. The van der Waals surface area contributed by atoms with Crippen LogP contribution in [-0.2, 0) is 16.0 Å². The lowest BCUT2D eigenvalue weighted by molar-refractivity contribution is -0.171. The van der Waals surface area contributed by atoms with Gasteiger partial charge in [-0.05, 0) is 30.2 Å². The Morgan fingerprint density at radius 1 is 1.41 bits per heavy atom. The molecule has 1 heterocycles. The number of likely N-dealkylation sites (N-methyl/N-ethyl adjacent to an activating group) is 1. The molecule has 150 valence electrons. The van der Waals surface area contributed by atoms with Crippen LogP contribution in [0, 0.1) is 0 Å². The number of carbonyl (C=O) groups is 2. The maximum Gasteiger partial charge on any atom is 0.392 e. The number of halogens is 5. The van der Waals surface area contributed by atoms with Gasteiger partial charge in [-0.1, -0.05) is 27.5 Å². The van der Waals surface area contributed by atoms with Gasteiger partial charge >= 0.3 is 6.18 Å². The third-order valence-corrected chi connectivity index (χ3v) is 5.30.